The molecule has 0 fully saturated rings. The molecule has 0 N–H and O–H groups in total. The van der Waals surface area contributed by atoms with Gasteiger partial charge < -0.3 is 4.57 Å². The first-order chi connectivity index (χ1) is 11.2. The third-order valence-electron chi connectivity index (χ3n) is 4.23. The molecule has 4 rings (SSSR count). The number of rotatable bonds is 2. The molecule has 5 heteroatoms. The predicted molar refractivity (Wildman–Crippen MR) is 90.5 cm³/mol. The van der Waals surface area contributed by atoms with Crippen molar-refractivity contribution in [1.29, 1.82) is 0 Å². The van der Waals surface area contributed by atoms with Crippen molar-refractivity contribution in [3.63, 3.8) is 0 Å². The summed E-state index contributed by atoms with van der Waals surface area (Å²) in [6.07, 6.45) is 5.49. The van der Waals surface area contributed by atoms with Gasteiger partial charge in [-0.15, -0.1) is 0 Å². The van der Waals surface area contributed by atoms with Crippen LogP contribution in [0.4, 0.5) is 0 Å². The zero-order chi connectivity index (χ0) is 16.0. The normalized spacial score (nSPS) is 11.4. The number of benzene rings is 1. The summed E-state index contributed by atoms with van der Waals surface area (Å²) < 4.78 is 3.51. The fourth-order valence-electron chi connectivity index (χ4n) is 3.02. The highest BCUT2D eigenvalue weighted by Crippen LogP contribution is 2.30. The molecule has 0 radical (unpaired) electrons. The van der Waals surface area contributed by atoms with E-state index in [0.29, 0.717) is 5.56 Å². The number of nitrogens with zero attached hydrogens (tertiary/aromatic N) is 4. The maximum absolute atomic E-state index is 12.2. The first kappa shape index (κ1) is 13.7. The molecule has 0 spiro atoms. The molecule has 2 aliphatic heterocycles. The Bertz CT molecular complexity index is 1030. The van der Waals surface area contributed by atoms with Gasteiger partial charge in [-0.05, 0) is 42.3 Å². The van der Waals surface area contributed by atoms with Crippen LogP contribution in [-0.4, -0.2) is 19.3 Å². The van der Waals surface area contributed by atoms with Gasteiger partial charge in [-0.2, -0.15) is 5.10 Å². The first-order valence-corrected chi connectivity index (χ1v) is 7.59. The average Bonchev–Trinajstić information content (AvgIpc) is 2.89. The van der Waals surface area contributed by atoms with E-state index in [0.717, 1.165) is 34.3 Å². The van der Waals surface area contributed by atoms with Gasteiger partial charge in [-0.3, -0.25) is 9.78 Å². The van der Waals surface area contributed by atoms with Crippen molar-refractivity contribution in [2.24, 2.45) is 7.05 Å². The van der Waals surface area contributed by atoms with E-state index in [1.165, 1.54) is 4.68 Å². The number of aromatic nitrogens is 4. The van der Waals surface area contributed by atoms with E-state index in [4.69, 9.17) is 0 Å². The van der Waals surface area contributed by atoms with E-state index >= 15 is 0 Å². The minimum Gasteiger partial charge on any atom is -0.347 e. The molecule has 0 saturated carbocycles. The molecule has 0 aliphatic carbocycles. The van der Waals surface area contributed by atoms with Crippen LogP contribution >= 0.6 is 0 Å². The Balaban J connectivity index is 2.07. The van der Waals surface area contributed by atoms with Crippen LogP contribution < -0.4 is 5.56 Å². The smallest absolute Gasteiger partial charge is 0.277 e. The molecule has 0 saturated heterocycles. The standard InChI is InChI=1S/C18H16N4O/c1-3-22-11-15-17(20-21(2)18(15)23)14-5-4-13(10-16(14)22)12-6-8-19-9-7-12/h4-11H,3H2,1-2H3. The molecule has 114 valence electrons. The highest BCUT2D eigenvalue weighted by Gasteiger charge is 2.18. The van der Waals surface area contributed by atoms with Gasteiger partial charge in [0.25, 0.3) is 5.56 Å². The minimum atomic E-state index is -0.0534. The van der Waals surface area contributed by atoms with Crippen LogP contribution in [0.5, 0.6) is 0 Å². The van der Waals surface area contributed by atoms with E-state index in [2.05, 4.69) is 33.7 Å². The molecule has 2 aliphatic rings. The number of hydrogen-bond acceptors (Lipinski definition) is 3. The van der Waals surface area contributed by atoms with E-state index in [9.17, 15) is 4.79 Å². The van der Waals surface area contributed by atoms with Gasteiger partial charge >= 0.3 is 0 Å². The van der Waals surface area contributed by atoms with Gasteiger partial charge in [-0.1, -0.05) is 6.07 Å². The number of hydrogen-bond donors (Lipinski definition) is 0. The summed E-state index contributed by atoms with van der Waals surface area (Å²) in [4.78, 5) is 16.3. The fraction of sp³-hybridized carbons (Fsp3) is 0.167. The van der Waals surface area contributed by atoms with Crippen LogP contribution in [0, 0.1) is 0 Å². The lowest BCUT2D eigenvalue weighted by Gasteiger charge is -2.13. The van der Waals surface area contributed by atoms with Crippen molar-refractivity contribution in [2.75, 3.05) is 0 Å². The topological polar surface area (TPSA) is 52.7 Å². The van der Waals surface area contributed by atoms with Crippen LogP contribution in [0.2, 0.25) is 0 Å². The molecule has 3 heterocycles. The van der Waals surface area contributed by atoms with E-state index in [1.807, 2.05) is 24.4 Å². The molecule has 1 aromatic heterocycles. The molecule has 0 unspecified atom stereocenters. The van der Waals surface area contributed by atoms with Crippen molar-refractivity contribution in [1.82, 2.24) is 19.3 Å². The SMILES string of the molecule is CCn1cc2c(=O)n(C)nc-2c2ccc(-c3ccncc3)cc21. The van der Waals surface area contributed by atoms with Crippen molar-refractivity contribution >= 4 is 10.9 Å². The van der Waals surface area contributed by atoms with Gasteiger partial charge in [0.05, 0.1) is 11.1 Å². The lowest BCUT2D eigenvalue weighted by molar-refractivity contribution is 0.747. The van der Waals surface area contributed by atoms with Crippen LogP contribution in [0.15, 0.2) is 53.7 Å². The molecule has 5 nitrogen and oxygen atoms in total. The van der Waals surface area contributed by atoms with Crippen molar-refractivity contribution in [3.05, 3.63) is 59.3 Å². The number of aryl methyl sites for hydroxylation is 2. The van der Waals surface area contributed by atoms with Crippen LogP contribution in [0.25, 0.3) is 33.3 Å². The van der Waals surface area contributed by atoms with Crippen LogP contribution in [0.1, 0.15) is 6.92 Å². The largest absolute Gasteiger partial charge is 0.347 e. The van der Waals surface area contributed by atoms with Crippen molar-refractivity contribution in [3.8, 4) is 22.4 Å². The zero-order valence-corrected chi connectivity index (χ0v) is 13.0. The number of fused-ring (bicyclic) bond motifs is 3. The lowest BCUT2D eigenvalue weighted by atomic mass is 10.0. The first-order valence-electron chi connectivity index (χ1n) is 7.59. The second-order valence-corrected chi connectivity index (χ2v) is 5.57. The van der Waals surface area contributed by atoms with Gasteiger partial charge in [0, 0.05) is 37.6 Å². The third kappa shape index (κ3) is 2.04. The van der Waals surface area contributed by atoms with Gasteiger partial charge in [0.1, 0.15) is 5.69 Å². The maximum Gasteiger partial charge on any atom is 0.277 e. The lowest BCUT2D eigenvalue weighted by Crippen LogP contribution is -2.12. The Morgan fingerprint density at radius 3 is 2.61 bits per heavy atom. The monoisotopic (exact) mass is 304 g/mol. The average molecular weight is 304 g/mol. The van der Waals surface area contributed by atoms with E-state index in [1.54, 1.807) is 19.4 Å². The molecule has 0 amide bonds. The molecule has 2 aromatic rings. The highest BCUT2D eigenvalue weighted by atomic mass is 16.1. The minimum absolute atomic E-state index is 0.0534. The van der Waals surface area contributed by atoms with E-state index < -0.39 is 0 Å². The quantitative estimate of drug-likeness (QED) is 0.572. The predicted octanol–water partition coefficient (Wildman–Crippen LogP) is 2.92. The third-order valence-corrected chi connectivity index (χ3v) is 4.23. The molecule has 1 aromatic carbocycles. The van der Waals surface area contributed by atoms with Crippen LogP contribution in [0.3, 0.4) is 0 Å². The number of pyridine rings is 2. The van der Waals surface area contributed by atoms with Crippen molar-refractivity contribution in [2.45, 2.75) is 13.5 Å². The molecule has 23 heavy (non-hydrogen) atoms. The second kappa shape index (κ2) is 5.05. The summed E-state index contributed by atoms with van der Waals surface area (Å²) in [5.74, 6) is 0. The molecular formula is C18H16N4O. The summed E-state index contributed by atoms with van der Waals surface area (Å²) in [6.45, 7) is 2.87. The van der Waals surface area contributed by atoms with Gasteiger partial charge in [0.15, 0.2) is 0 Å². The second-order valence-electron chi connectivity index (χ2n) is 5.57. The Labute approximate surface area is 133 Å². The summed E-state index contributed by atoms with van der Waals surface area (Å²) in [7, 11) is 1.69. The van der Waals surface area contributed by atoms with E-state index in [-0.39, 0.29) is 5.56 Å². The fourth-order valence-corrected chi connectivity index (χ4v) is 3.02. The Morgan fingerprint density at radius 2 is 1.87 bits per heavy atom. The maximum atomic E-state index is 12.2. The van der Waals surface area contributed by atoms with Gasteiger partial charge in [-0.25, -0.2) is 4.68 Å². The Kier molecular flexibility index (Phi) is 3.01. The highest BCUT2D eigenvalue weighted by molar-refractivity contribution is 5.95. The van der Waals surface area contributed by atoms with Gasteiger partial charge in [0.2, 0.25) is 0 Å². The van der Waals surface area contributed by atoms with Crippen LogP contribution in [-0.2, 0) is 13.6 Å². The molecular weight excluding hydrogens is 288 g/mol. The zero-order valence-electron chi connectivity index (χ0n) is 13.0. The summed E-state index contributed by atoms with van der Waals surface area (Å²) in [5.41, 5.74) is 4.70. The molecule has 0 atom stereocenters. The Hall–Kier alpha value is -2.95. The summed E-state index contributed by atoms with van der Waals surface area (Å²) in [6, 6.07) is 10.2. The summed E-state index contributed by atoms with van der Waals surface area (Å²) >= 11 is 0. The molecule has 0 bridgehead atoms. The Morgan fingerprint density at radius 1 is 1.09 bits per heavy atom. The van der Waals surface area contributed by atoms with Crippen molar-refractivity contribution < 1.29 is 0 Å². The summed E-state index contributed by atoms with van der Waals surface area (Å²) in [5, 5.41) is 5.40.